The van der Waals surface area contributed by atoms with E-state index in [1.54, 1.807) is 18.2 Å². The zero-order valence-electron chi connectivity index (χ0n) is 26.9. The predicted octanol–water partition coefficient (Wildman–Crippen LogP) is 4.07. The van der Waals surface area contributed by atoms with Crippen LogP contribution in [0.1, 0.15) is 95.6 Å². The fraction of sp³-hybridized carbons (Fsp3) is 0.714. The van der Waals surface area contributed by atoms with Crippen LogP contribution in [0.2, 0.25) is 0 Å². The number of hydrogen-bond donors (Lipinski definition) is 4. The van der Waals surface area contributed by atoms with Crippen LogP contribution >= 0.6 is 0 Å². The molecule has 1 aromatic carbocycles. The number of aliphatic hydroxyl groups is 3. The van der Waals surface area contributed by atoms with E-state index in [2.05, 4.69) is 26.1 Å². The number of hydrogen-bond acceptors (Lipinski definition) is 7. The van der Waals surface area contributed by atoms with Gasteiger partial charge in [-0.15, -0.1) is 0 Å². The van der Waals surface area contributed by atoms with Crippen molar-refractivity contribution in [1.29, 1.82) is 0 Å². The van der Waals surface area contributed by atoms with E-state index in [-0.39, 0.29) is 37.0 Å². The van der Waals surface area contributed by atoms with Gasteiger partial charge in [-0.1, -0.05) is 46.5 Å². The first-order chi connectivity index (χ1) is 21.2. The predicted molar refractivity (Wildman–Crippen MR) is 167 cm³/mol. The Morgan fingerprint density at radius 2 is 1.91 bits per heavy atom. The minimum Gasteiger partial charge on any atom is -0.493 e. The Morgan fingerprint density at radius 1 is 1.14 bits per heavy atom. The van der Waals surface area contributed by atoms with Gasteiger partial charge in [0.15, 0.2) is 11.5 Å². The quantitative estimate of drug-likeness (QED) is 0.233. The summed E-state index contributed by atoms with van der Waals surface area (Å²) in [5, 5.41) is 34.2. The van der Waals surface area contributed by atoms with Gasteiger partial charge in [0.05, 0.1) is 32.3 Å². The number of ether oxygens (including phenoxy) is 2. The first-order valence-electron chi connectivity index (χ1n) is 16.7. The van der Waals surface area contributed by atoms with E-state index in [9.17, 15) is 24.9 Å². The molecule has 6 rings (SSSR count). The summed E-state index contributed by atoms with van der Waals surface area (Å²) in [5.74, 6) is 1.46. The minimum absolute atomic E-state index is 0.00489. The first-order valence-corrected chi connectivity index (χ1v) is 16.7. The third-order valence-corrected chi connectivity index (χ3v) is 11.1. The van der Waals surface area contributed by atoms with Crippen molar-refractivity contribution >= 4 is 11.8 Å². The van der Waals surface area contributed by atoms with Gasteiger partial charge in [0.1, 0.15) is 12.2 Å². The lowest BCUT2D eigenvalue weighted by Gasteiger charge is -2.61. The van der Waals surface area contributed by atoms with Crippen molar-refractivity contribution in [2.24, 2.45) is 23.2 Å². The van der Waals surface area contributed by atoms with Crippen LogP contribution in [0.25, 0.3) is 0 Å². The zero-order valence-corrected chi connectivity index (χ0v) is 26.9. The summed E-state index contributed by atoms with van der Waals surface area (Å²) in [7, 11) is 1.52. The molecule has 2 amide bonds. The molecule has 1 heterocycles. The van der Waals surface area contributed by atoms with E-state index < -0.39 is 24.2 Å². The number of unbranched alkanes of at least 4 members (excludes halogenated alkanes) is 4. The molecular formula is C35H52N2O7. The molecule has 7 unspecified atom stereocenters. The topological polar surface area (TPSA) is 129 Å². The van der Waals surface area contributed by atoms with Crippen LogP contribution in [0.15, 0.2) is 23.8 Å². The van der Waals surface area contributed by atoms with Gasteiger partial charge in [0.25, 0.3) is 0 Å². The number of rotatable bonds is 14. The standard InChI is InChI=1S/C35H52N2O7/c1-5-6-7-8-9-10-29(40)37(19-22-11-12-23-17-26(22)35(23,2)3)27-18-25(34(42)36-13-14-38)30-24-15-21(20-39)16-28(43-4)32(24)44-33(30)31(27)41/h15-16,18,22-23,26-27,30-31,33,38-39,41H,5-14,17,19-20H2,1-4H3,(H,36,42). The number of nitrogens with one attached hydrogen (secondary N) is 1. The lowest BCUT2D eigenvalue weighted by Crippen LogP contribution is -2.59. The van der Waals surface area contributed by atoms with Crippen LogP contribution in [-0.2, 0) is 16.2 Å². The Balaban J connectivity index is 1.50. The molecule has 2 bridgehead atoms. The second-order valence-electron chi connectivity index (χ2n) is 13.9. The van der Waals surface area contributed by atoms with Gasteiger partial charge in [0, 0.05) is 30.6 Å². The van der Waals surface area contributed by atoms with Gasteiger partial charge in [0.2, 0.25) is 11.8 Å². The summed E-state index contributed by atoms with van der Waals surface area (Å²) in [6.07, 6.45) is 8.82. The number of nitrogens with zero attached hydrogens (tertiary/aromatic N) is 1. The van der Waals surface area contributed by atoms with Crippen molar-refractivity contribution in [3.63, 3.8) is 0 Å². The maximum absolute atomic E-state index is 14.1. The Labute approximate surface area is 262 Å². The summed E-state index contributed by atoms with van der Waals surface area (Å²) in [6, 6.07) is 2.74. The SMILES string of the molecule is CCCCCCCC(=O)N(CC1CCC2CC1C2(C)C)C1C=C(C(=O)NCCO)C2c3cc(CO)cc(OC)c3OC2C1O. The molecule has 0 spiro atoms. The largest absolute Gasteiger partial charge is 0.493 e. The van der Waals surface area contributed by atoms with Crippen LogP contribution in [0.3, 0.4) is 0 Å². The van der Waals surface area contributed by atoms with E-state index in [0.29, 0.717) is 53.0 Å². The molecule has 0 radical (unpaired) electrons. The summed E-state index contributed by atoms with van der Waals surface area (Å²) >= 11 is 0. The number of aliphatic hydroxyl groups excluding tert-OH is 3. The van der Waals surface area contributed by atoms with Crippen LogP contribution in [0, 0.1) is 23.2 Å². The van der Waals surface area contributed by atoms with Crippen LogP contribution < -0.4 is 14.8 Å². The van der Waals surface area contributed by atoms with E-state index in [1.807, 2.05) is 4.90 Å². The normalized spacial score (nSPS) is 29.4. The Kier molecular flexibility index (Phi) is 10.3. The van der Waals surface area contributed by atoms with Crippen LogP contribution in [0.4, 0.5) is 0 Å². The maximum Gasteiger partial charge on any atom is 0.247 e. The van der Waals surface area contributed by atoms with Crippen molar-refractivity contribution in [3.8, 4) is 11.5 Å². The molecule has 3 saturated carbocycles. The van der Waals surface area contributed by atoms with Crippen molar-refractivity contribution in [3.05, 3.63) is 34.9 Å². The Morgan fingerprint density at radius 3 is 2.57 bits per heavy atom. The molecule has 0 saturated heterocycles. The molecule has 3 fully saturated rings. The van der Waals surface area contributed by atoms with Gasteiger partial charge >= 0.3 is 0 Å². The molecule has 1 aromatic rings. The average molecular weight is 613 g/mol. The highest BCUT2D eigenvalue weighted by Crippen LogP contribution is 2.61. The van der Waals surface area contributed by atoms with Gasteiger partial charge < -0.3 is 35.0 Å². The third kappa shape index (κ3) is 6.12. The number of carbonyl (C=O) groups is 2. The lowest BCUT2D eigenvalue weighted by molar-refractivity contribution is -0.146. The average Bonchev–Trinajstić information content (AvgIpc) is 3.42. The highest BCUT2D eigenvalue weighted by molar-refractivity contribution is 5.96. The summed E-state index contributed by atoms with van der Waals surface area (Å²) in [5.41, 5.74) is 1.90. The summed E-state index contributed by atoms with van der Waals surface area (Å²) < 4.78 is 12.0. The molecule has 44 heavy (non-hydrogen) atoms. The Bertz CT molecular complexity index is 1230. The van der Waals surface area contributed by atoms with Crippen molar-refractivity contribution in [1.82, 2.24) is 10.2 Å². The van der Waals surface area contributed by atoms with Gasteiger partial charge in [-0.05, 0) is 72.6 Å². The molecule has 9 heteroatoms. The van der Waals surface area contributed by atoms with Gasteiger partial charge in [-0.25, -0.2) is 0 Å². The van der Waals surface area contributed by atoms with Crippen LogP contribution in [-0.4, -0.2) is 77.1 Å². The molecule has 4 aliphatic carbocycles. The molecule has 9 nitrogen and oxygen atoms in total. The lowest BCUT2D eigenvalue weighted by atomic mass is 9.45. The second-order valence-corrected chi connectivity index (χ2v) is 13.9. The van der Waals surface area contributed by atoms with Gasteiger partial charge in [-0.3, -0.25) is 9.59 Å². The summed E-state index contributed by atoms with van der Waals surface area (Å²) in [4.78, 5) is 29.6. The Hall–Kier alpha value is -2.62. The fourth-order valence-corrected chi connectivity index (χ4v) is 8.47. The first kappa shape index (κ1) is 32.8. The molecule has 5 aliphatic rings. The van der Waals surface area contributed by atoms with E-state index in [0.717, 1.165) is 50.9 Å². The molecule has 4 N–H and O–H groups in total. The smallest absolute Gasteiger partial charge is 0.247 e. The number of carbonyl (C=O) groups excluding carboxylic acids is 2. The molecular weight excluding hydrogens is 560 g/mol. The number of fused-ring (bicyclic) bond motifs is 5. The maximum atomic E-state index is 14.1. The van der Waals surface area contributed by atoms with E-state index in [4.69, 9.17) is 9.47 Å². The van der Waals surface area contributed by atoms with E-state index >= 15 is 0 Å². The third-order valence-electron chi connectivity index (χ3n) is 11.1. The number of benzene rings is 1. The monoisotopic (exact) mass is 612 g/mol. The highest BCUT2D eigenvalue weighted by Gasteiger charge is 2.56. The zero-order chi connectivity index (χ0) is 31.6. The number of methoxy groups -OCH3 is 1. The van der Waals surface area contributed by atoms with Gasteiger partial charge in [-0.2, -0.15) is 0 Å². The van der Waals surface area contributed by atoms with Crippen molar-refractivity contribution < 1.29 is 34.4 Å². The fourth-order valence-electron chi connectivity index (χ4n) is 8.47. The molecule has 0 aromatic heterocycles. The van der Waals surface area contributed by atoms with Crippen molar-refractivity contribution in [2.75, 3.05) is 26.8 Å². The molecule has 7 atom stereocenters. The second kappa shape index (κ2) is 13.8. The molecule has 1 aliphatic heterocycles. The summed E-state index contributed by atoms with van der Waals surface area (Å²) in [6.45, 7) is 7.05. The highest BCUT2D eigenvalue weighted by atomic mass is 16.5. The number of amides is 2. The van der Waals surface area contributed by atoms with Crippen LogP contribution in [0.5, 0.6) is 11.5 Å². The minimum atomic E-state index is -1.08. The van der Waals surface area contributed by atoms with Crippen molar-refractivity contribution in [2.45, 2.75) is 109 Å². The van der Waals surface area contributed by atoms with E-state index in [1.165, 1.54) is 13.5 Å². The molecule has 244 valence electrons.